The number of rotatable bonds is 30. The van der Waals surface area contributed by atoms with Crippen LogP contribution in [0.2, 0.25) is 0 Å². The van der Waals surface area contributed by atoms with Crippen LogP contribution in [0.1, 0.15) is 71.1 Å². The molecule has 9 unspecified atom stereocenters. The zero-order chi connectivity index (χ0) is 52.7. The van der Waals surface area contributed by atoms with Crippen molar-refractivity contribution in [2.24, 2.45) is 27.9 Å². The number of carboxylic acid groups (broad SMARTS) is 2. The van der Waals surface area contributed by atoms with Crippen molar-refractivity contribution in [1.82, 2.24) is 47.0 Å². The van der Waals surface area contributed by atoms with Crippen LogP contribution in [0.4, 0.5) is 0 Å². The van der Waals surface area contributed by atoms with E-state index in [-0.39, 0.29) is 64.2 Å². The van der Waals surface area contributed by atoms with E-state index >= 15 is 0 Å². The highest BCUT2D eigenvalue weighted by Crippen LogP contribution is 2.21. The number of nitrogens with zero attached hydrogens (tertiary/aromatic N) is 3. The maximum absolute atomic E-state index is 13.6. The van der Waals surface area contributed by atoms with Gasteiger partial charge in [0.15, 0.2) is 5.96 Å². The highest BCUT2D eigenvalue weighted by molar-refractivity contribution is 5.99. The van der Waals surface area contributed by atoms with Gasteiger partial charge in [0, 0.05) is 19.6 Å². The number of aliphatic imine (C=N–C) groups is 1. The van der Waals surface area contributed by atoms with Crippen LogP contribution in [0, 0.1) is 0 Å². The first-order chi connectivity index (χ1) is 33.1. The van der Waals surface area contributed by atoms with Crippen molar-refractivity contribution in [3.8, 4) is 0 Å². The molecule has 2 rings (SSSR count). The van der Waals surface area contributed by atoms with Gasteiger partial charge < -0.3 is 95.5 Å². The van der Waals surface area contributed by atoms with Crippen LogP contribution in [0.5, 0.6) is 0 Å². The number of unbranched alkanes of at least 4 members (excludes halogenated alkanes) is 1. The monoisotopic (exact) mass is 1000 g/mol. The summed E-state index contributed by atoms with van der Waals surface area (Å²) in [6.45, 7) is -2.05. The fourth-order valence-electron chi connectivity index (χ4n) is 7.38. The van der Waals surface area contributed by atoms with Crippen LogP contribution in [-0.2, 0) is 52.7 Å². The van der Waals surface area contributed by atoms with Crippen LogP contribution in [0.3, 0.4) is 0 Å². The minimum atomic E-state index is -1.81. The van der Waals surface area contributed by atoms with Gasteiger partial charge in [0.05, 0.1) is 38.8 Å². The fraction of sp³-hybridized carbons (Fsp3) is 0.700. The molecule has 2 fully saturated rings. The number of aliphatic hydroxyl groups excluding tert-OH is 3. The Morgan fingerprint density at radius 3 is 1.69 bits per heavy atom. The summed E-state index contributed by atoms with van der Waals surface area (Å²) in [5.41, 5.74) is 21.8. The summed E-state index contributed by atoms with van der Waals surface area (Å²) in [6.07, 6.45) is 1.32. The fourth-order valence-corrected chi connectivity index (χ4v) is 7.38. The third kappa shape index (κ3) is 19.0. The molecule has 0 spiro atoms. The zero-order valence-corrected chi connectivity index (χ0v) is 38.8. The second-order valence-corrected chi connectivity index (χ2v) is 16.5. The van der Waals surface area contributed by atoms with Crippen molar-refractivity contribution < 1.29 is 78.3 Å². The molecule has 0 saturated carbocycles. The van der Waals surface area contributed by atoms with Crippen molar-refractivity contribution in [2.45, 2.75) is 126 Å². The SMILES string of the molecule is CC(NC(=O)C1CCCN1C(=O)C(CO)NC(=O)C(CC(=O)O)NC(=O)CNC(=O)C(N)CCCN=C(N)N)C(=O)NC(CO)C(=O)NC(CO)C(=O)NC(CCCCN)C(=O)N1CCCC1C(=O)O. The van der Waals surface area contributed by atoms with Crippen molar-refractivity contribution >= 4 is 71.1 Å². The van der Waals surface area contributed by atoms with Gasteiger partial charge in [0.1, 0.15) is 48.3 Å². The molecule has 0 aromatic carbocycles. The average molecular weight is 1000 g/mol. The van der Waals surface area contributed by atoms with Crippen molar-refractivity contribution in [3.63, 3.8) is 0 Å². The largest absolute Gasteiger partial charge is 0.481 e. The highest BCUT2D eigenvalue weighted by Gasteiger charge is 2.41. The van der Waals surface area contributed by atoms with E-state index in [9.17, 15) is 78.3 Å². The van der Waals surface area contributed by atoms with E-state index in [1.165, 1.54) is 6.92 Å². The van der Waals surface area contributed by atoms with Crippen LogP contribution < -0.4 is 60.2 Å². The molecule has 30 nitrogen and oxygen atoms in total. The van der Waals surface area contributed by atoms with E-state index in [0.717, 1.165) is 9.80 Å². The quantitative estimate of drug-likeness (QED) is 0.0180. The van der Waals surface area contributed by atoms with Crippen LogP contribution in [-0.4, -0.2) is 213 Å². The van der Waals surface area contributed by atoms with Gasteiger partial charge in [0.2, 0.25) is 53.2 Å². The van der Waals surface area contributed by atoms with E-state index in [1.54, 1.807) is 0 Å². The maximum Gasteiger partial charge on any atom is 0.326 e. The molecule has 0 aliphatic carbocycles. The maximum atomic E-state index is 13.6. The van der Waals surface area contributed by atoms with Crippen LogP contribution in [0.25, 0.3) is 0 Å². The van der Waals surface area contributed by atoms with E-state index < -0.39 is 152 Å². The van der Waals surface area contributed by atoms with Gasteiger partial charge in [-0.15, -0.1) is 0 Å². The molecule has 2 aliphatic rings. The van der Waals surface area contributed by atoms with Gasteiger partial charge in [0.25, 0.3) is 0 Å². The Morgan fingerprint density at radius 1 is 0.629 bits per heavy atom. The van der Waals surface area contributed by atoms with E-state index in [1.807, 2.05) is 0 Å². The van der Waals surface area contributed by atoms with Gasteiger partial charge in [-0.05, 0) is 71.3 Å². The van der Waals surface area contributed by atoms with Crippen molar-refractivity contribution in [1.29, 1.82) is 0 Å². The second kappa shape index (κ2) is 30.0. The summed E-state index contributed by atoms with van der Waals surface area (Å²) in [6, 6.07) is -13.1. The number of aliphatic carboxylic acids is 2. The molecule has 2 heterocycles. The number of carbonyl (C=O) groups is 11. The molecule has 394 valence electrons. The number of guanidine groups is 1. The van der Waals surface area contributed by atoms with E-state index in [2.05, 4.69) is 42.2 Å². The van der Waals surface area contributed by atoms with Crippen molar-refractivity contribution in [2.75, 3.05) is 52.5 Å². The molecule has 30 heteroatoms. The van der Waals surface area contributed by atoms with Gasteiger partial charge in [-0.25, -0.2) is 4.79 Å². The Bertz CT molecular complexity index is 1900. The summed E-state index contributed by atoms with van der Waals surface area (Å²) in [5.74, 6) is -11.6. The predicted molar refractivity (Wildman–Crippen MR) is 242 cm³/mol. The number of nitrogens with one attached hydrogen (secondary N) is 7. The lowest BCUT2D eigenvalue weighted by Crippen LogP contribution is -2.61. The first-order valence-corrected chi connectivity index (χ1v) is 22.6. The lowest BCUT2D eigenvalue weighted by Gasteiger charge is -2.29. The van der Waals surface area contributed by atoms with E-state index in [0.29, 0.717) is 25.7 Å². The summed E-state index contributed by atoms with van der Waals surface area (Å²) >= 11 is 0. The molecule has 20 N–H and O–H groups in total. The number of nitrogens with two attached hydrogens (primary N) is 4. The summed E-state index contributed by atoms with van der Waals surface area (Å²) in [7, 11) is 0. The number of amides is 9. The third-order valence-electron chi connectivity index (χ3n) is 11.2. The third-order valence-corrected chi connectivity index (χ3v) is 11.2. The van der Waals surface area contributed by atoms with Gasteiger partial charge >= 0.3 is 11.9 Å². The average Bonchev–Trinajstić information content (AvgIpc) is 4.02. The molecule has 0 radical (unpaired) electrons. The van der Waals surface area contributed by atoms with E-state index in [4.69, 9.17) is 22.9 Å². The molecular weight excluding hydrogens is 933 g/mol. The second-order valence-electron chi connectivity index (χ2n) is 16.5. The minimum absolute atomic E-state index is 0.0469. The summed E-state index contributed by atoms with van der Waals surface area (Å²) in [5, 5.41) is 64.8. The predicted octanol–water partition coefficient (Wildman–Crippen LogP) is -8.94. The Morgan fingerprint density at radius 2 is 1.14 bits per heavy atom. The topological polar surface area (TPSA) is 496 Å². The Labute approximate surface area is 401 Å². The minimum Gasteiger partial charge on any atom is -0.481 e. The smallest absolute Gasteiger partial charge is 0.326 e. The first-order valence-electron chi connectivity index (χ1n) is 22.6. The molecule has 2 aliphatic heterocycles. The molecule has 9 atom stereocenters. The molecule has 0 aromatic rings. The van der Waals surface area contributed by atoms with Crippen LogP contribution in [0.15, 0.2) is 4.99 Å². The lowest BCUT2D eigenvalue weighted by atomic mass is 10.1. The molecule has 9 amide bonds. The summed E-state index contributed by atoms with van der Waals surface area (Å²) in [4.78, 5) is 147. The molecule has 0 aromatic heterocycles. The van der Waals surface area contributed by atoms with Gasteiger partial charge in [-0.1, -0.05) is 0 Å². The Kier molecular flexibility index (Phi) is 25.4. The number of aliphatic hydroxyl groups is 3. The molecule has 0 bridgehead atoms. The standard InChI is InChI=1S/C40H68N14O16/c1-20(31(61)50-24(17-55)35(65)51-25(18-56)34(64)49-22(8-2-3-11-41)37(67)54-14-6-10-28(54)39(69)70)47-36(66)27-9-5-13-53(27)38(68)26(19-57)52-33(63)23(15-30(59)60)48-29(58)16-46-32(62)21(42)7-4-12-45-40(43)44/h20-28,55-57H,2-19,41-42H2,1H3,(H,46,62)(H,47,66)(H,48,58)(H,49,64)(H,50,61)(H,51,65)(H,52,63)(H,59,60)(H,69,70)(H4,43,44,45). The number of hydrogen-bond donors (Lipinski definition) is 16. The molecule has 70 heavy (non-hydrogen) atoms. The normalized spacial score (nSPS) is 18.3. The van der Waals surface area contributed by atoms with Gasteiger partial charge in [-0.3, -0.25) is 52.9 Å². The Hall–Kier alpha value is -6.76. The molecule has 2 saturated heterocycles. The van der Waals surface area contributed by atoms with Gasteiger partial charge in [-0.2, -0.15) is 0 Å². The molecular formula is C40H68N14O16. The number of carbonyl (C=O) groups excluding carboxylic acids is 9. The highest BCUT2D eigenvalue weighted by atomic mass is 16.4. The summed E-state index contributed by atoms with van der Waals surface area (Å²) < 4.78 is 0. The van der Waals surface area contributed by atoms with Crippen LogP contribution >= 0.6 is 0 Å². The number of likely N-dealkylation sites (tertiary alicyclic amines) is 2. The first kappa shape index (κ1) is 59.4. The number of hydrogen-bond acceptors (Lipinski definition) is 17. The Balaban J connectivity index is 2.03. The zero-order valence-electron chi connectivity index (χ0n) is 38.8. The van der Waals surface area contributed by atoms with Crippen molar-refractivity contribution in [3.05, 3.63) is 0 Å². The number of carboxylic acids is 2. The lowest BCUT2D eigenvalue weighted by molar-refractivity contribution is -0.149.